The van der Waals surface area contributed by atoms with E-state index in [1.807, 2.05) is 19.1 Å². The van der Waals surface area contributed by atoms with Gasteiger partial charge < -0.3 is 15.1 Å². The number of carbonyl (C=O) groups excluding carboxylic acids is 1. The van der Waals surface area contributed by atoms with E-state index in [2.05, 4.69) is 10.6 Å². The monoisotopic (exact) mass is 292 g/mol. The molecule has 2 N–H and O–H groups in total. The molecule has 2 aromatic rings. The van der Waals surface area contributed by atoms with Gasteiger partial charge in [-0.1, -0.05) is 23.7 Å². The quantitative estimate of drug-likeness (QED) is 0.895. The van der Waals surface area contributed by atoms with Crippen LogP contribution in [0.1, 0.15) is 29.0 Å². The standard InChI is InChI=1S/C15H17ClN2O2/c1-9-11-5-2-6-12(16)14(11)20-13(9)15(19)18-10-4-3-7-17-8-10/h2,5-6,10,17H,3-4,7-8H2,1H3,(H,18,19)/t10-/m0/s1. The lowest BCUT2D eigenvalue weighted by atomic mass is 10.1. The lowest BCUT2D eigenvalue weighted by molar-refractivity contribution is 0.0904. The summed E-state index contributed by atoms with van der Waals surface area (Å²) in [5, 5.41) is 7.72. The first-order chi connectivity index (χ1) is 9.66. The fraction of sp³-hybridized carbons (Fsp3) is 0.400. The molecule has 1 amide bonds. The van der Waals surface area contributed by atoms with Crippen LogP contribution < -0.4 is 10.6 Å². The second-order valence-corrected chi connectivity index (χ2v) is 5.60. The molecule has 0 radical (unpaired) electrons. The Hall–Kier alpha value is -1.52. The van der Waals surface area contributed by atoms with E-state index < -0.39 is 0 Å². The fourth-order valence-electron chi connectivity index (χ4n) is 2.65. The average Bonchev–Trinajstić information content (AvgIpc) is 2.79. The highest BCUT2D eigenvalue weighted by Gasteiger charge is 2.22. The zero-order valence-electron chi connectivity index (χ0n) is 11.3. The molecule has 1 aromatic heterocycles. The summed E-state index contributed by atoms with van der Waals surface area (Å²) in [5.74, 6) is 0.196. The third-order valence-electron chi connectivity index (χ3n) is 3.75. The third kappa shape index (κ3) is 2.41. The maximum atomic E-state index is 12.3. The first kappa shape index (κ1) is 13.5. The molecule has 106 valence electrons. The normalized spacial score (nSPS) is 19.2. The highest BCUT2D eigenvalue weighted by Crippen LogP contribution is 2.30. The van der Waals surface area contributed by atoms with Crippen LogP contribution in [-0.4, -0.2) is 25.0 Å². The topological polar surface area (TPSA) is 54.3 Å². The highest BCUT2D eigenvalue weighted by atomic mass is 35.5. The lowest BCUT2D eigenvalue weighted by Gasteiger charge is -2.23. The minimum absolute atomic E-state index is 0.163. The highest BCUT2D eigenvalue weighted by molar-refractivity contribution is 6.35. The third-order valence-corrected chi connectivity index (χ3v) is 4.05. The van der Waals surface area contributed by atoms with Crippen molar-refractivity contribution >= 4 is 28.5 Å². The summed E-state index contributed by atoms with van der Waals surface area (Å²) >= 11 is 6.10. The van der Waals surface area contributed by atoms with Crippen molar-refractivity contribution in [2.45, 2.75) is 25.8 Å². The Morgan fingerprint density at radius 2 is 2.35 bits per heavy atom. The smallest absolute Gasteiger partial charge is 0.287 e. The second-order valence-electron chi connectivity index (χ2n) is 5.19. The van der Waals surface area contributed by atoms with Crippen LogP contribution in [0, 0.1) is 6.92 Å². The van der Waals surface area contributed by atoms with E-state index in [0.717, 1.165) is 36.9 Å². The van der Waals surface area contributed by atoms with Gasteiger partial charge in [-0.05, 0) is 32.4 Å². The van der Waals surface area contributed by atoms with Crippen molar-refractivity contribution in [3.63, 3.8) is 0 Å². The van der Waals surface area contributed by atoms with Crippen LogP contribution in [0.2, 0.25) is 5.02 Å². The number of hydrogen-bond acceptors (Lipinski definition) is 3. The van der Waals surface area contributed by atoms with Gasteiger partial charge in [0.2, 0.25) is 0 Å². The molecule has 2 heterocycles. The minimum Gasteiger partial charge on any atom is -0.449 e. The summed E-state index contributed by atoms with van der Waals surface area (Å²) in [6.07, 6.45) is 2.08. The van der Waals surface area contributed by atoms with Crippen molar-refractivity contribution in [1.82, 2.24) is 10.6 Å². The average molecular weight is 293 g/mol. The van der Waals surface area contributed by atoms with Crippen LogP contribution in [0.5, 0.6) is 0 Å². The summed E-state index contributed by atoms with van der Waals surface area (Å²) in [6, 6.07) is 5.71. The molecule has 0 bridgehead atoms. The number of furan rings is 1. The van der Waals surface area contributed by atoms with Crippen molar-refractivity contribution in [2.24, 2.45) is 0 Å². The van der Waals surface area contributed by atoms with Gasteiger partial charge in [0.1, 0.15) is 0 Å². The van der Waals surface area contributed by atoms with Crippen LogP contribution in [0.15, 0.2) is 22.6 Å². The molecule has 1 atom stereocenters. The molecule has 1 fully saturated rings. The van der Waals surface area contributed by atoms with E-state index >= 15 is 0 Å². The van der Waals surface area contributed by atoms with E-state index in [1.54, 1.807) is 6.07 Å². The summed E-state index contributed by atoms with van der Waals surface area (Å²) in [6.45, 7) is 3.72. The number of amides is 1. The van der Waals surface area contributed by atoms with Crippen LogP contribution >= 0.6 is 11.6 Å². The van der Waals surface area contributed by atoms with Gasteiger partial charge in [0.25, 0.3) is 5.91 Å². The maximum Gasteiger partial charge on any atom is 0.287 e. The lowest BCUT2D eigenvalue weighted by Crippen LogP contribution is -2.45. The van der Waals surface area contributed by atoms with Crippen molar-refractivity contribution in [3.8, 4) is 0 Å². The molecule has 0 unspecified atom stereocenters. The molecule has 3 rings (SSSR count). The van der Waals surface area contributed by atoms with Gasteiger partial charge in [-0.3, -0.25) is 4.79 Å². The van der Waals surface area contributed by atoms with Gasteiger partial charge in [-0.25, -0.2) is 0 Å². The number of para-hydroxylation sites is 1. The molecule has 0 saturated carbocycles. The zero-order chi connectivity index (χ0) is 14.1. The SMILES string of the molecule is Cc1c(C(=O)N[C@H]2CCCNC2)oc2c(Cl)cccc12. The van der Waals surface area contributed by atoms with Gasteiger partial charge in [-0.15, -0.1) is 0 Å². The Morgan fingerprint density at radius 3 is 3.05 bits per heavy atom. The predicted molar refractivity (Wildman–Crippen MR) is 79.3 cm³/mol. The minimum atomic E-state index is -0.163. The predicted octanol–water partition coefficient (Wildman–Crippen LogP) is 2.88. The molecule has 0 aliphatic carbocycles. The number of halogens is 1. The molecular formula is C15H17ClN2O2. The number of nitrogens with one attached hydrogen (secondary N) is 2. The van der Waals surface area contributed by atoms with Crippen molar-refractivity contribution < 1.29 is 9.21 Å². The van der Waals surface area contributed by atoms with Gasteiger partial charge in [0.05, 0.1) is 5.02 Å². The Bertz CT molecular complexity index is 645. The maximum absolute atomic E-state index is 12.3. The Labute approximate surface area is 122 Å². The molecule has 0 spiro atoms. The molecule has 20 heavy (non-hydrogen) atoms. The number of rotatable bonds is 2. The fourth-order valence-corrected chi connectivity index (χ4v) is 2.86. The first-order valence-electron chi connectivity index (χ1n) is 6.86. The number of fused-ring (bicyclic) bond motifs is 1. The molecular weight excluding hydrogens is 276 g/mol. The van der Waals surface area contributed by atoms with Crippen LogP contribution in [-0.2, 0) is 0 Å². The van der Waals surface area contributed by atoms with Crippen LogP contribution in [0.4, 0.5) is 0 Å². The summed E-state index contributed by atoms with van der Waals surface area (Å²) in [4.78, 5) is 12.3. The van der Waals surface area contributed by atoms with Crippen LogP contribution in [0.3, 0.4) is 0 Å². The van der Waals surface area contributed by atoms with E-state index in [9.17, 15) is 4.79 Å². The Kier molecular flexibility index (Phi) is 3.68. The van der Waals surface area contributed by atoms with Gasteiger partial charge >= 0.3 is 0 Å². The van der Waals surface area contributed by atoms with E-state index in [4.69, 9.17) is 16.0 Å². The van der Waals surface area contributed by atoms with Crippen molar-refractivity contribution in [1.29, 1.82) is 0 Å². The largest absolute Gasteiger partial charge is 0.449 e. The number of aryl methyl sites for hydroxylation is 1. The van der Waals surface area contributed by atoms with E-state index in [1.165, 1.54) is 0 Å². The number of carbonyl (C=O) groups is 1. The van der Waals surface area contributed by atoms with Gasteiger partial charge in [-0.2, -0.15) is 0 Å². The molecule has 4 nitrogen and oxygen atoms in total. The van der Waals surface area contributed by atoms with E-state index in [0.29, 0.717) is 16.4 Å². The number of piperidine rings is 1. The molecule has 5 heteroatoms. The zero-order valence-corrected chi connectivity index (χ0v) is 12.1. The van der Waals surface area contributed by atoms with Crippen molar-refractivity contribution in [3.05, 3.63) is 34.5 Å². The summed E-state index contributed by atoms with van der Waals surface area (Å²) in [5.41, 5.74) is 1.42. The van der Waals surface area contributed by atoms with Crippen LogP contribution in [0.25, 0.3) is 11.0 Å². The summed E-state index contributed by atoms with van der Waals surface area (Å²) in [7, 11) is 0. The van der Waals surface area contributed by atoms with Gasteiger partial charge in [0, 0.05) is 23.5 Å². The molecule has 1 aliphatic heterocycles. The second kappa shape index (κ2) is 5.46. The first-order valence-corrected chi connectivity index (χ1v) is 7.24. The van der Waals surface area contributed by atoms with Crippen molar-refractivity contribution in [2.75, 3.05) is 13.1 Å². The summed E-state index contributed by atoms with van der Waals surface area (Å²) < 4.78 is 5.67. The Balaban J connectivity index is 1.87. The Morgan fingerprint density at radius 1 is 1.50 bits per heavy atom. The molecule has 1 aliphatic rings. The number of benzene rings is 1. The number of hydrogen-bond donors (Lipinski definition) is 2. The molecule has 1 saturated heterocycles. The van der Waals surface area contributed by atoms with E-state index in [-0.39, 0.29) is 11.9 Å². The van der Waals surface area contributed by atoms with Gasteiger partial charge in [0.15, 0.2) is 11.3 Å². The molecule has 1 aromatic carbocycles.